The maximum absolute atomic E-state index is 6.47. The second kappa shape index (κ2) is 7.45. The third kappa shape index (κ3) is 3.84. The van der Waals surface area contributed by atoms with Crippen molar-refractivity contribution in [3.05, 3.63) is 40.7 Å². The Balaban J connectivity index is 1.55. The Hall–Kier alpha value is -1.72. The molecule has 1 aliphatic heterocycles. The van der Waals surface area contributed by atoms with E-state index in [-0.39, 0.29) is 6.10 Å². The van der Waals surface area contributed by atoms with Crippen LogP contribution in [0.25, 0.3) is 0 Å². The summed E-state index contributed by atoms with van der Waals surface area (Å²) in [6.07, 6.45) is -0.00955. The number of para-hydroxylation sites is 2. The number of rotatable bonds is 6. The third-order valence-corrected chi connectivity index (χ3v) is 4.39. The molecule has 0 bridgehead atoms. The van der Waals surface area contributed by atoms with Gasteiger partial charge >= 0.3 is 0 Å². The summed E-state index contributed by atoms with van der Waals surface area (Å²) in [6, 6.07) is 7.74. The first-order valence-electron chi connectivity index (χ1n) is 8.35. The van der Waals surface area contributed by atoms with Crippen LogP contribution < -0.4 is 14.8 Å². The number of nitrogens with one attached hydrogen (secondary N) is 1. The standard InChI is InChI=1S/C18H24ClN3O2/c1-12(2)10-22-18(19)15(13(3)21-22)9-20-8-14-11-23-16-6-4-5-7-17(16)24-14/h4-7,12,14,20H,8-11H2,1-3H3. The Morgan fingerprint density at radius 3 is 2.83 bits per heavy atom. The largest absolute Gasteiger partial charge is 0.486 e. The number of halogens is 1. The zero-order chi connectivity index (χ0) is 17.1. The highest BCUT2D eigenvalue weighted by atomic mass is 35.5. The molecule has 5 nitrogen and oxygen atoms in total. The van der Waals surface area contributed by atoms with Gasteiger partial charge in [-0.25, -0.2) is 0 Å². The van der Waals surface area contributed by atoms with E-state index in [9.17, 15) is 0 Å². The van der Waals surface area contributed by atoms with Crippen LogP contribution >= 0.6 is 11.6 Å². The second-order valence-electron chi connectivity index (χ2n) is 6.56. The van der Waals surface area contributed by atoms with E-state index in [1.54, 1.807) is 0 Å². The molecule has 0 saturated heterocycles. The quantitative estimate of drug-likeness (QED) is 0.868. The number of benzene rings is 1. The molecule has 3 rings (SSSR count). The summed E-state index contributed by atoms with van der Waals surface area (Å²) >= 11 is 6.47. The molecule has 1 N–H and O–H groups in total. The summed E-state index contributed by atoms with van der Waals surface area (Å²) in [5.74, 6) is 2.12. The smallest absolute Gasteiger partial charge is 0.161 e. The van der Waals surface area contributed by atoms with Gasteiger partial charge in [0.05, 0.1) is 5.69 Å². The van der Waals surface area contributed by atoms with Gasteiger partial charge in [0.1, 0.15) is 17.9 Å². The highest BCUT2D eigenvalue weighted by molar-refractivity contribution is 6.30. The van der Waals surface area contributed by atoms with E-state index < -0.39 is 0 Å². The van der Waals surface area contributed by atoms with Gasteiger partial charge in [-0.2, -0.15) is 5.10 Å². The predicted molar refractivity (Wildman–Crippen MR) is 94.9 cm³/mol. The lowest BCUT2D eigenvalue weighted by atomic mass is 10.2. The van der Waals surface area contributed by atoms with Crippen LogP contribution in [0.4, 0.5) is 0 Å². The maximum Gasteiger partial charge on any atom is 0.161 e. The summed E-state index contributed by atoms with van der Waals surface area (Å²) in [7, 11) is 0. The molecule has 1 unspecified atom stereocenters. The van der Waals surface area contributed by atoms with E-state index >= 15 is 0 Å². The number of hydrogen-bond donors (Lipinski definition) is 1. The maximum atomic E-state index is 6.47. The Labute approximate surface area is 147 Å². The fourth-order valence-corrected chi connectivity index (χ4v) is 3.09. The molecule has 0 amide bonds. The van der Waals surface area contributed by atoms with Gasteiger partial charge in [0.2, 0.25) is 0 Å². The Morgan fingerprint density at radius 1 is 1.33 bits per heavy atom. The molecule has 130 valence electrons. The summed E-state index contributed by atoms with van der Waals surface area (Å²) in [5.41, 5.74) is 2.02. The lowest BCUT2D eigenvalue weighted by Gasteiger charge is -2.26. The number of fused-ring (bicyclic) bond motifs is 1. The van der Waals surface area contributed by atoms with Crippen LogP contribution in [0.2, 0.25) is 5.15 Å². The molecule has 24 heavy (non-hydrogen) atoms. The highest BCUT2D eigenvalue weighted by Crippen LogP contribution is 2.30. The first-order valence-corrected chi connectivity index (χ1v) is 8.73. The van der Waals surface area contributed by atoms with E-state index in [2.05, 4.69) is 24.3 Å². The summed E-state index contributed by atoms with van der Waals surface area (Å²) in [4.78, 5) is 0. The van der Waals surface area contributed by atoms with Crippen LogP contribution in [0, 0.1) is 12.8 Å². The van der Waals surface area contributed by atoms with E-state index in [4.69, 9.17) is 21.1 Å². The molecule has 0 spiro atoms. The van der Waals surface area contributed by atoms with E-state index in [0.29, 0.717) is 25.6 Å². The van der Waals surface area contributed by atoms with Crippen molar-refractivity contribution in [1.29, 1.82) is 0 Å². The fraction of sp³-hybridized carbons (Fsp3) is 0.500. The molecule has 1 atom stereocenters. The van der Waals surface area contributed by atoms with Gasteiger partial charge < -0.3 is 14.8 Å². The van der Waals surface area contributed by atoms with Crippen molar-refractivity contribution in [1.82, 2.24) is 15.1 Å². The average Bonchev–Trinajstić information content (AvgIpc) is 2.81. The van der Waals surface area contributed by atoms with Gasteiger partial charge in [0.15, 0.2) is 11.5 Å². The van der Waals surface area contributed by atoms with E-state index in [1.807, 2.05) is 35.9 Å². The molecule has 2 heterocycles. The molecule has 6 heteroatoms. The zero-order valence-electron chi connectivity index (χ0n) is 14.4. The van der Waals surface area contributed by atoms with E-state index in [1.165, 1.54) is 0 Å². The average molecular weight is 350 g/mol. The van der Waals surface area contributed by atoms with E-state index in [0.717, 1.165) is 34.5 Å². The minimum Gasteiger partial charge on any atom is -0.486 e. The zero-order valence-corrected chi connectivity index (χ0v) is 15.1. The molecule has 1 aromatic heterocycles. The van der Waals surface area contributed by atoms with Crippen molar-refractivity contribution in [2.24, 2.45) is 5.92 Å². The first kappa shape index (κ1) is 17.1. The second-order valence-corrected chi connectivity index (χ2v) is 6.92. The summed E-state index contributed by atoms with van der Waals surface area (Å²) in [6.45, 7) is 9.05. The third-order valence-electron chi connectivity index (χ3n) is 3.96. The SMILES string of the molecule is Cc1nn(CC(C)C)c(Cl)c1CNCC1COc2ccccc2O1. The Morgan fingerprint density at radius 2 is 2.08 bits per heavy atom. The van der Waals surface area contributed by atoms with Crippen molar-refractivity contribution in [2.45, 2.75) is 40.0 Å². The molecule has 1 aliphatic rings. The van der Waals surface area contributed by atoms with Crippen LogP contribution in [-0.2, 0) is 13.1 Å². The van der Waals surface area contributed by atoms with Crippen LogP contribution in [0.3, 0.4) is 0 Å². The molecule has 0 fully saturated rings. The van der Waals surface area contributed by atoms with Gasteiger partial charge in [-0.1, -0.05) is 37.6 Å². The number of aromatic nitrogens is 2. The molecular formula is C18H24ClN3O2. The number of aryl methyl sites for hydroxylation is 1. The van der Waals surface area contributed by atoms with Crippen LogP contribution in [0.5, 0.6) is 11.5 Å². The van der Waals surface area contributed by atoms with Gasteiger partial charge in [-0.15, -0.1) is 0 Å². The number of nitrogens with zero attached hydrogens (tertiary/aromatic N) is 2. The lowest BCUT2D eigenvalue weighted by Crippen LogP contribution is -2.38. The minimum atomic E-state index is -0.00955. The van der Waals surface area contributed by atoms with Crippen molar-refractivity contribution in [3.63, 3.8) is 0 Å². The van der Waals surface area contributed by atoms with Crippen LogP contribution in [-0.4, -0.2) is 29.0 Å². The molecular weight excluding hydrogens is 326 g/mol. The summed E-state index contributed by atoms with van der Waals surface area (Å²) in [5, 5.41) is 8.66. The Bertz CT molecular complexity index is 700. The first-order chi connectivity index (χ1) is 11.5. The molecule has 1 aromatic carbocycles. The fourth-order valence-electron chi connectivity index (χ4n) is 2.78. The van der Waals surface area contributed by atoms with Crippen LogP contribution in [0.1, 0.15) is 25.1 Å². The number of hydrogen-bond acceptors (Lipinski definition) is 4. The highest BCUT2D eigenvalue weighted by Gasteiger charge is 2.21. The Kier molecular flexibility index (Phi) is 5.31. The van der Waals surface area contributed by atoms with Crippen molar-refractivity contribution < 1.29 is 9.47 Å². The minimum absolute atomic E-state index is 0.00955. The molecule has 2 aromatic rings. The molecule has 0 radical (unpaired) electrons. The van der Waals surface area contributed by atoms with Gasteiger partial charge in [0, 0.05) is 25.2 Å². The van der Waals surface area contributed by atoms with Gasteiger partial charge in [0.25, 0.3) is 0 Å². The topological polar surface area (TPSA) is 48.3 Å². The van der Waals surface area contributed by atoms with Crippen LogP contribution in [0.15, 0.2) is 24.3 Å². The number of ether oxygens (including phenoxy) is 2. The van der Waals surface area contributed by atoms with Crippen molar-refractivity contribution in [2.75, 3.05) is 13.2 Å². The predicted octanol–water partition coefficient (Wildman–Crippen LogP) is 3.43. The van der Waals surface area contributed by atoms with Gasteiger partial charge in [-0.05, 0) is 25.0 Å². The molecule has 0 saturated carbocycles. The van der Waals surface area contributed by atoms with Crippen molar-refractivity contribution >= 4 is 11.6 Å². The monoisotopic (exact) mass is 349 g/mol. The normalized spacial score (nSPS) is 16.6. The summed E-state index contributed by atoms with van der Waals surface area (Å²) < 4.78 is 13.6. The van der Waals surface area contributed by atoms with Crippen molar-refractivity contribution in [3.8, 4) is 11.5 Å². The lowest BCUT2D eigenvalue weighted by molar-refractivity contribution is 0.0902. The molecule has 0 aliphatic carbocycles. The van der Waals surface area contributed by atoms with Gasteiger partial charge in [-0.3, -0.25) is 4.68 Å².